The van der Waals surface area contributed by atoms with Crippen LogP contribution in [0.25, 0.3) is 5.69 Å². The summed E-state index contributed by atoms with van der Waals surface area (Å²) in [6.07, 6.45) is -2.75. The van der Waals surface area contributed by atoms with Crippen molar-refractivity contribution in [2.24, 2.45) is 0 Å². The number of nitrogens with one attached hydrogen (secondary N) is 3. The zero-order chi connectivity index (χ0) is 20.5. The minimum Gasteiger partial charge on any atom is -0.345 e. The van der Waals surface area contributed by atoms with E-state index in [0.717, 1.165) is 12.8 Å². The van der Waals surface area contributed by atoms with Gasteiger partial charge in [-0.1, -0.05) is 17.7 Å². The van der Waals surface area contributed by atoms with Crippen LogP contribution in [0.15, 0.2) is 30.5 Å². The van der Waals surface area contributed by atoms with Crippen molar-refractivity contribution >= 4 is 29.3 Å². The van der Waals surface area contributed by atoms with Crippen LogP contribution in [0.2, 0.25) is 5.02 Å². The molecule has 0 bridgehead atoms. The number of carbonyl (C=O) groups is 3. The SMILES string of the molecule is O=C(NNC(=O)c1cnn(-c2cccc(Cl)c2)c1C(F)(F)F)C(=O)NC1CC1. The van der Waals surface area contributed by atoms with Crippen LogP contribution in [0, 0.1) is 0 Å². The summed E-state index contributed by atoms with van der Waals surface area (Å²) in [5, 5.41) is 6.16. The molecule has 3 amide bonds. The van der Waals surface area contributed by atoms with E-state index in [1.165, 1.54) is 24.3 Å². The molecule has 0 radical (unpaired) electrons. The molecule has 1 aliphatic carbocycles. The first-order chi connectivity index (χ1) is 13.2. The maximum Gasteiger partial charge on any atom is 0.434 e. The van der Waals surface area contributed by atoms with E-state index in [9.17, 15) is 27.6 Å². The molecule has 148 valence electrons. The summed E-state index contributed by atoms with van der Waals surface area (Å²) in [5.41, 5.74) is 1.36. The van der Waals surface area contributed by atoms with Crippen LogP contribution in [0.1, 0.15) is 28.9 Å². The molecule has 1 saturated carbocycles. The molecule has 1 aromatic carbocycles. The lowest BCUT2D eigenvalue weighted by Crippen LogP contribution is -2.49. The summed E-state index contributed by atoms with van der Waals surface area (Å²) < 4.78 is 41.1. The molecule has 1 fully saturated rings. The lowest BCUT2D eigenvalue weighted by atomic mass is 10.2. The monoisotopic (exact) mass is 415 g/mol. The summed E-state index contributed by atoms with van der Waals surface area (Å²) >= 11 is 5.80. The largest absolute Gasteiger partial charge is 0.434 e. The Kier molecular flexibility index (Phi) is 5.27. The van der Waals surface area contributed by atoms with Gasteiger partial charge in [0.1, 0.15) is 0 Å². The van der Waals surface area contributed by atoms with Crippen molar-refractivity contribution in [2.75, 3.05) is 0 Å². The zero-order valence-electron chi connectivity index (χ0n) is 14.0. The maximum absolute atomic E-state index is 13.5. The van der Waals surface area contributed by atoms with Crippen molar-refractivity contribution < 1.29 is 27.6 Å². The van der Waals surface area contributed by atoms with E-state index < -0.39 is 35.2 Å². The number of nitrogens with zero attached hydrogens (tertiary/aromatic N) is 2. The molecule has 1 heterocycles. The second-order valence-corrected chi connectivity index (χ2v) is 6.39. The van der Waals surface area contributed by atoms with Crippen LogP contribution in [0.4, 0.5) is 13.2 Å². The van der Waals surface area contributed by atoms with Crippen molar-refractivity contribution in [1.82, 2.24) is 25.9 Å². The maximum atomic E-state index is 13.5. The van der Waals surface area contributed by atoms with Crippen molar-refractivity contribution in [3.05, 3.63) is 46.7 Å². The fourth-order valence-corrected chi connectivity index (χ4v) is 2.49. The van der Waals surface area contributed by atoms with Crippen LogP contribution < -0.4 is 16.2 Å². The smallest absolute Gasteiger partial charge is 0.345 e. The van der Waals surface area contributed by atoms with Gasteiger partial charge in [-0.3, -0.25) is 25.2 Å². The van der Waals surface area contributed by atoms with Gasteiger partial charge in [-0.15, -0.1) is 0 Å². The molecule has 1 aliphatic rings. The van der Waals surface area contributed by atoms with Crippen LogP contribution in [-0.4, -0.2) is 33.5 Å². The molecule has 0 unspecified atom stereocenters. The standard InChI is InChI=1S/C16H13ClF3N5O3/c17-8-2-1-3-10(6-8)25-12(16(18,19)20)11(7-21-25)13(26)23-24-15(28)14(27)22-9-4-5-9/h1-3,6-7,9H,4-5H2,(H,22,27)(H,23,26)(H,24,28). The topological polar surface area (TPSA) is 105 Å². The molecule has 12 heteroatoms. The molecule has 0 atom stereocenters. The predicted molar refractivity (Wildman–Crippen MR) is 90.3 cm³/mol. The lowest BCUT2D eigenvalue weighted by molar-refractivity contribution is -0.143. The molecule has 1 aromatic heterocycles. The number of hydrazine groups is 1. The highest BCUT2D eigenvalue weighted by Crippen LogP contribution is 2.34. The quantitative estimate of drug-likeness (QED) is 0.523. The van der Waals surface area contributed by atoms with Gasteiger partial charge in [-0.2, -0.15) is 18.3 Å². The molecule has 8 nitrogen and oxygen atoms in total. The van der Waals surface area contributed by atoms with Crippen LogP contribution >= 0.6 is 11.6 Å². The van der Waals surface area contributed by atoms with E-state index in [1.807, 2.05) is 0 Å². The molecule has 0 saturated heterocycles. The van der Waals surface area contributed by atoms with E-state index in [1.54, 1.807) is 10.9 Å². The third-order valence-electron chi connectivity index (χ3n) is 3.74. The average molecular weight is 416 g/mol. The Morgan fingerprint density at radius 2 is 1.86 bits per heavy atom. The first kappa shape index (κ1) is 19.7. The minimum absolute atomic E-state index is 0.00767. The predicted octanol–water partition coefficient (Wildman–Crippen LogP) is 1.58. The number of alkyl halides is 3. The normalized spacial score (nSPS) is 13.7. The van der Waals surface area contributed by atoms with E-state index in [0.29, 0.717) is 10.9 Å². The van der Waals surface area contributed by atoms with E-state index >= 15 is 0 Å². The van der Waals surface area contributed by atoms with Gasteiger partial charge in [0, 0.05) is 11.1 Å². The lowest BCUT2D eigenvalue weighted by Gasteiger charge is -2.13. The summed E-state index contributed by atoms with van der Waals surface area (Å²) in [5.74, 6) is -3.47. The molecular weight excluding hydrogens is 403 g/mol. The molecule has 0 spiro atoms. The van der Waals surface area contributed by atoms with Gasteiger partial charge in [-0.25, -0.2) is 4.68 Å². The molecule has 3 rings (SSSR count). The Bertz CT molecular complexity index is 940. The second kappa shape index (κ2) is 7.50. The highest BCUT2D eigenvalue weighted by molar-refractivity contribution is 6.35. The first-order valence-corrected chi connectivity index (χ1v) is 8.37. The zero-order valence-corrected chi connectivity index (χ0v) is 14.8. The van der Waals surface area contributed by atoms with Crippen molar-refractivity contribution in [2.45, 2.75) is 25.1 Å². The number of hydrogen-bond acceptors (Lipinski definition) is 4. The molecule has 28 heavy (non-hydrogen) atoms. The molecule has 3 N–H and O–H groups in total. The first-order valence-electron chi connectivity index (χ1n) is 7.99. The van der Waals surface area contributed by atoms with E-state index in [-0.39, 0.29) is 16.8 Å². The summed E-state index contributed by atoms with van der Waals surface area (Å²) in [7, 11) is 0. The number of amides is 3. The van der Waals surface area contributed by atoms with Gasteiger partial charge < -0.3 is 5.32 Å². The Balaban J connectivity index is 1.80. The van der Waals surface area contributed by atoms with Gasteiger partial charge in [0.15, 0.2) is 5.69 Å². The third kappa shape index (κ3) is 4.42. The van der Waals surface area contributed by atoms with Gasteiger partial charge in [0.25, 0.3) is 5.91 Å². The number of aromatic nitrogens is 2. The third-order valence-corrected chi connectivity index (χ3v) is 3.98. The number of carbonyl (C=O) groups excluding carboxylic acids is 3. The number of benzene rings is 1. The summed E-state index contributed by atoms with van der Waals surface area (Å²) in [4.78, 5) is 35.2. The summed E-state index contributed by atoms with van der Waals surface area (Å²) in [6.45, 7) is 0. The van der Waals surface area contributed by atoms with E-state index in [2.05, 4.69) is 10.4 Å². The van der Waals surface area contributed by atoms with Gasteiger partial charge in [-0.05, 0) is 31.0 Å². The molecular formula is C16H13ClF3N5O3. The van der Waals surface area contributed by atoms with Crippen LogP contribution in [0.5, 0.6) is 0 Å². The molecule has 2 aromatic rings. The number of hydrogen-bond donors (Lipinski definition) is 3. The van der Waals surface area contributed by atoms with Gasteiger partial charge in [0.05, 0.1) is 17.4 Å². The minimum atomic E-state index is -4.93. The Labute approximate surface area is 161 Å². The number of halogens is 4. The van der Waals surface area contributed by atoms with Crippen LogP contribution in [-0.2, 0) is 15.8 Å². The fraction of sp³-hybridized carbons (Fsp3) is 0.250. The average Bonchev–Trinajstić information content (AvgIpc) is 3.31. The Hall–Kier alpha value is -3.08. The Morgan fingerprint density at radius 1 is 1.14 bits per heavy atom. The second-order valence-electron chi connectivity index (χ2n) is 5.95. The highest BCUT2D eigenvalue weighted by Gasteiger charge is 2.40. The number of rotatable bonds is 3. The van der Waals surface area contributed by atoms with Crippen molar-refractivity contribution in [3.63, 3.8) is 0 Å². The van der Waals surface area contributed by atoms with Crippen molar-refractivity contribution in [3.8, 4) is 5.69 Å². The Morgan fingerprint density at radius 3 is 2.46 bits per heavy atom. The van der Waals surface area contributed by atoms with E-state index in [4.69, 9.17) is 11.6 Å². The van der Waals surface area contributed by atoms with Crippen LogP contribution in [0.3, 0.4) is 0 Å². The fourth-order valence-electron chi connectivity index (χ4n) is 2.31. The molecule has 0 aliphatic heterocycles. The van der Waals surface area contributed by atoms with Crippen molar-refractivity contribution in [1.29, 1.82) is 0 Å². The summed E-state index contributed by atoms with van der Waals surface area (Å²) in [6, 6.07) is 5.38. The highest BCUT2D eigenvalue weighted by atomic mass is 35.5. The van der Waals surface area contributed by atoms with Gasteiger partial charge in [0.2, 0.25) is 0 Å². The van der Waals surface area contributed by atoms with Gasteiger partial charge >= 0.3 is 18.0 Å².